The molecule has 1 aromatic carbocycles. The third kappa shape index (κ3) is 2.46. The normalized spacial score (nSPS) is 24.7. The Hall–Kier alpha value is -2.32. The smallest absolute Gasteiger partial charge is 0.244 e. The van der Waals surface area contributed by atoms with Crippen molar-refractivity contribution < 1.29 is 4.79 Å². The summed E-state index contributed by atoms with van der Waals surface area (Å²) in [5.74, 6) is 0.0295. The summed E-state index contributed by atoms with van der Waals surface area (Å²) in [4.78, 5) is 16.4. The molecular formula is C17H20N4O. The maximum atomic E-state index is 12.3. The van der Waals surface area contributed by atoms with E-state index in [9.17, 15) is 10.1 Å². The molecule has 1 saturated heterocycles. The summed E-state index contributed by atoms with van der Waals surface area (Å²) in [6.45, 7) is 1.64. The van der Waals surface area contributed by atoms with Gasteiger partial charge in [0, 0.05) is 27.2 Å². The van der Waals surface area contributed by atoms with E-state index in [1.165, 1.54) is 11.1 Å². The molecule has 1 amide bonds. The number of likely N-dealkylation sites (tertiary alicyclic amines) is 1. The van der Waals surface area contributed by atoms with Crippen molar-refractivity contribution in [3.8, 4) is 6.07 Å². The Morgan fingerprint density at radius 3 is 2.73 bits per heavy atom. The Kier molecular flexibility index (Phi) is 3.86. The zero-order chi connectivity index (χ0) is 15.7. The zero-order valence-electron chi connectivity index (χ0n) is 12.9. The Bertz CT molecular complexity index is 644. The van der Waals surface area contributed by atoms with Crippen molar-refractivity contribution in [2.24, 2.45) is 5.92 Å². The molecule has 0 saturated carbocycles. The topological polar surface area (TPSA) is 59.4 Å². The summed E-state index contributed by atoms with van der Waals surface area (Å²) in [6, 6.07) is 12.3. The van der Waals surface area contributed by atoms with Gasteiger partial charge in [0.15, 0.2) is 0 Å². The Balaban J connectivity index is 1.94. The van der Waals surface area contributed by atoms with Gasteiger partial charge in [-0.25, -0.2) is 0 Å². The van der Waals surface area contributed by atoms with Crippen LogP contribution in [-0.4, -0.2) is 42.4 Å². The summed E-state index contributed by atoms with van der Waals surface area (Å²) in [5.41, 5.74) is 2.38. The van der Waals surface area contributed by atoms with E-state index in [1.54, 1.807) is 0 Å². The van der Waals surface area contributed by atoms with Crippen LogP contribution in [0.2, 0.25) is 0 Å². The number of hydrogen-bond acceptors (Lipinski definition) is 4. The quantitative estimate of drug-likeness (QED) is 0.913. The molecule has 0 spiro atoms. The molecule has 0 aliphatic carbocycles. The highest BCUT2D eigenvalue weighted by atomic mass is 16.2. The van der Waals surface area contributed by atoms with Gasteiger partial charge >= 0.3 is 0 Å². The molecule has 114 valence electrons. The molecule has 22 heavy (non-hydrogen) atoms. The molecule has 2 aliphatic rings. The van der Waals surface area contributed by atoms with Gasteiger partial charge in [-0.2, -0.15) is 5.26 Å². The third-order valence-electron chi connectivity index (χ3n) is 4.38. The Morgan fingerprint density at radius 1 is 1.36 bits per heavy atom. The molecule has 5 nitrogen and oxygen atoms in total. The lowest BCUT2D eigenvalue weighted by molar-refractivity contribution is -0.125. The van der Waals surface area contributed by atoms with E-state index in [0.29, 0.717) is 0 Å². The van der Waals surface area contributed by atoms with Crippen LogP contribution in [0.1, 0.15) is 12.0 Å². The molecule has 0 unspecified atom stereocenters. The maximum Gasteiger partial charge on any atom is 0.244 e. The second kappa shape index (κ2) is 5.82. The van der Waals surface area contributed by atoms with Crippen LogP contribution < -0.4 is 5.32 Å². The van der Waals surface area contributed by atoms with Gasteiger partial charge in [0.05, 0.1) is 12.1 Å². The molecule has 3 rings (SSSR count). The van der Waals surface area contributed by atoms with E-state index in [4.69, 9.17) is 0 Å². The van der Waals surface area contributed by atoms with Crippen molar-refractivity contribution >= 4 is 5.91 Å². The van der Waals surface area contributed by atoms with Crippen LogP contribution in [-0.2, 0) is 11.3 Å². The molecule has 0 aromatic heterocycles. The average Bonchev–Trinajstić information content (AvgIpc) is 2.91. The fourth-order valence-electron chi connectivity index (χ4n) is 3.38. The maximum absolute atomic E-state index is 12.3. The summed E-state index contributed by atoms with van der Waals surface area (Å²) in [5, 5.41) is 12.3. The predicted octanol–water partition coefficient (Wildman–Crippen LogP) is 1.30. The van der Waals surface area contributed by atoms with Crippen LogP contribution in [0.5, 0.6) is 0 Å². The largest absolute Gasteiger partial charge is 0.364 e. The zero-order valence-corrected chi connectivity index (χ0v) is 12.9. The van der Waals surface area contributed by atoms with E-state index in [-0.39, 0.29) is 11.9 Å². The molecule has 1 aromatic rings. The number of fused-ring (bicyclic) bond motifs is 1. The van der Waals surface area contributed by atoms with Crippen molar-refractivity contribution in [2.45, 2.75) is 19.0 Å². The van der Waals surface area contributed by atoms with Gasteiger partial charge in [-0.05, 0) is 17.6 Å². The van der Waals surface area contributed by atoms with Crippen molar-refractivity contribution in [2.75, 3.05) is 20.6 Å². The van der Waals surface area contributed by atoms with E-state index in [1.807, 2.05) is 37.2 Å². The lowest BCUT2D eigenvalue weighted by atomic mass is 9.90. The van der Waals surface area contributed by atoms with Crippen LogP contribution in [0.4, 0.5) is 0 Å². The molecule has 0 bridgehead atoms. The van der Waals surface area contributed by atoms with Crippen molar-refractivity contribution in [1.29, 1.82) is 5.26 Å². The van der Waals surface area contributed by atoms with Crippen molar-refractivity contribution in [3.63, 3.8) is 0 Å². The lowest BCUT2D eigenvalue weighted by Gasteiger charge is -2.35. The molecule has 0 radical (unpaired) electrons. The van der Waals surface area contributed by atoms with Crippen LogP contribution in [0.3, 0.4) is 0 Å². The third-order valence-corrected chi connectivity index (χ3v) is 4.38. The standard InChI is InChI=1S/C17H20N4O/c1-20(2)16-13-8-9-21(11-12-6-4-3-5-7-12)15(13)14(10-18)17(22)19-16/h3-7,14-15H,8-9,11H2,1-2H3,(H,19,22)/t14-,15-/m1/s1. The first-order chi connectivity index (χ1) is 10.6. The van der Waals surface area contributed by atoms with Crippen LogP contribution in [0.15, 0.2) is 41.7 Å². The number of amides is 1. The highest BCUT2D eigenvalue weighted by Crippen LogP contribution is 2.35. The predicted molar refractivity (Wildman–Crippen MR) is 83.2 cm³/mol. The first-order valence-corrected chi connectivity index (χ1v) is 7.50. The number of benzene rings is 1. The van der Waals surface area contributed by atoms with E-state index in [2.05, 4.69) is 28.4 Å². The van der Waals surface area contributed by atoms with Crippen molar-refractivity contribution in [1.82, 2.24) is 15.1 Å². The van der Waals surface area contributed by atoms with Gasteiger partial charge in [0.2, 0.25) is 5.91 Å². The second-order valence-corrected chi connectivity index (χ2v) is 6.02. The molecule has 5 heteroatoms. The minimum absolute atomic E-state index is 0.114. The number of carbonyl (C=O) groups is 1. The second-order valence-electron chi connectivity index (χ2n) is 6.02. The molecule has 1 fully saturated rings. The number of nitrogens with zero attached hydrogens (tertiary/aromatic N) is 3. The average molecular weight is 296 g/mol. The van der Waals surface area contributed by atoms with Crippen LogP contribution in [0, 0.1) is 17.2 Å². The fraction of sp³-hybridized carbons (Fsp3) is 0.412. The summed E-state index contributed by atoms with van der Waals surface area (Å²) in [7, 11) is 3.85. The van der Waals surface area contributed by atoms with Gasteiger partial charge < -0.3 is 10.2 Å². The number of hydrogen-bond donors (Lipinski definition) is 1. The monoisotopic (exact) mass is 296 g/mol. The SMILES string of the molecule is CN(C)C1=C2CCN(Cc3ccccc3)[C@H]2[C@@H](C#N)C(=O)N1. The molecule has 2 heterocycles. The van der Waals surface area contributed by atoms with Crippen LogP contribution >= 0.6 is 0 Å². The molecular weight excluding hydrogens is 276 g/mol. The number of nitriles is 1. The summed E-state index contributed by atoms with van der Waals surface area (Å²) in [6.07, 6.45) is 0.892. The minimum atomic E-state index is -0.634. The molecule has 1 N–H and O–H groups in total. The van der Waals surface area contributed by atoms with Gasteiger partial charge in [0.25, 0.3) is 0 Å². The lowest BCUT2D eigenvalue weighted by Crippen LogP contribution is -2.50. The highest BCUT2D eigenvalue weighted by Gasteiger charge is 2.44. The Labute approximate surface area is 130 Å². The number of rotatable bonds is 3. The minimum Gasteiger partial charge on any atom is -0.364 e. The van der Waals surface area contributed by atoms with Gasteiger partial charge in [-0.1, -0.05) is 30.3 Å². The van der Waals surface area contributed by atoms with Crippen LogP contribution in [0.25, 0.3) is 0 Å². The molecule has 2 atom stereocenters. The Morgan fingerprint density at radius 2 is 2.09 bits per heavy atom. The number of carbonyl (C=O) groups excluding carboxylic acids is 1. The summed E-state index contributed by atoms with van der Waals surface area (Å²) < 4.78 is 0. The number of nitrogens with one attached hydrogen (secondary N) is 1. The van der Waals surface area contributed by atoms with Crippen molar-refractivity contribution in [3.05, 3.63) is 47.3 Å². The van der Waals surface area contributed by atoms with E-state index in [0.717, 1.165) is 25.3 Å². The van der Waals surface area contributed by atoms with E-state index >= 15 is 0 Å². The highest BCUT2D eigenvalue weighted by molar-refractivity contribution is 5.85. The first kappa shape index (κ1) is 14.6. The van der Waals surface area contributed by atoms with Gasteiger partial charge in [-0.3, -0.25) is 9.69 Å². The summed E-state index contributed by atoms with van der Waals surface area (Å²) >= 11 is 0. The first-order valence-electron chi connectivity index (χ1n) is 7.50. The fourth-order valence-corrected chi connectivity index (χ4v) is 3.38. The van der Waals surface area contributed by atoms with E-state index < -0.39 is 5.92 Å². The molecule has 2 aliphatic heterocycles. The van der Waals surface area contributed by atoms with Gasteiger partial charge in [-0.15, -0.1) is 0 Å². The van der Waals surface area contributed by atoms with Gasteiger partial charge in [0.1, 0.15) is 11.7 Å².